The maximum Gasteiger partial charge on any atom is 0.305 e. The van der Waals surface area contributed by atoms with Gasteiger partial charge in [-0.1, -0.05) is 6.42 Å². The number of carbonyl (C=O) groups is 3. The van der Waals surface area contributed by atoms with Crippen molar-refractivity contribution in [2.24, 2.45) is 0 Å². The van der Waals surface area contributed by atoms with Crippen molar-refractivity contribution in [2.45, 2.75) is 57.9 Å². The van der Waals surface area contributed by atoms with Crippen LogP contribution in [0.5, 0.6) is 0 Å². The number of amides is 2. The number of nitrogens with one attached hydrogen (secondary N) is 1. The minimum atomic E-state index is -0.862. The van der Waals surface area contributed by atoms with Crippen LogP contribution in [0.3, 0.4) is 0 Å². The zero-order valence-corrected chi connectivity index (χ0v) is 12.1. The second kappa shape index (κ2) is 8.55. The number of hydrogen-bond acceptors (Lipinski definition) is 3. The summed E-state index contributed by atoms with van der Waals surface area (Å²) in [6.07, 6.45) is 5.02. The number of hydrogen-bond donors (Lipinski definition) is 2. The van der Waals surface area contributed by atoms with E-state index < -0.39 is 5.97 Å². The van der Waals surface area contributed by atoms with Crippen LogP contribution in [0.2, 0.25) is 0 Å². The van der Waals surface area contributed by atoms with Gasteiger partial charge in [-0.3, -0.25) is 14.4 Å². The number of carboxylic acids is 1. The normalized spacial score (nSPS) is 13.8. The number of rotatable bonds is 10. The molecule has 0 aliphatic heterocycles. The van der Waals surface area contributed by atoms with Crippen molar-refractivity contribution in [3.8, 4) is 0 Å². The van der Waals surface area contributed by atoms with E-state index in [9.17, 15) is 14.4 Å². The topological polar surface area (TPSA) is 86.7 Å². The molecule has 0 aromatic rings. The average molecular weight is 284 g/mol. The van der Waals surface area contributed by atoms with Crippen molar-refractivity contribution < 1.29 is 19.5 Å². The van der Waals surface area contributed by atoms with E-state index in [1.807, 2.05) is 0 Å². The van der Waals surface area contributed by atoms with Crippen LogP contribution >= 0.6 is 0 Å². The summed E-state index contributed by atoms with van der Waals surface area (Å²) in [4.78, 5) is 35.0. The summed E-state index contributed by atoms with van der Waals surface area (Å²) in [6.45, 7) is 2.46. The van der Waals surface area contributed by atoms with Gasteiger partial charge in [0.05, 0.1) is 6.42 Å². The second-order valence-corrected chi connectivity index (χ2v) is 5.26. The van der Waals surface area contributed by atoms with Crippen molar-refractivity contribution in [1.29, 1.82) is 0 Å². The first-order valence-corrected chi connectivity index (χ1v) is 7.26. The summed E-state index contributed by atoms with van der Waals surface area (Å²) >= 11 is 0. The number of unbranched alkanes of at least 4 members (excludes halogenated alkanes) is 2. The summed E-state index contributed by atoms with van der Waals surface area (Å²) < 4.78 is 0. The van der Waals surface area contributed by atoms with Gasteiger partial charge in [0, 0.05) is 32.5 Å². The predicted molar refractivity (Wildman–Crippen MR) is 74.1 cm³/mol. The molecule has 20 heavy (non-hydrogen) atoms. The molecule has 2 amide bonds. The quantitative estimate of drug-likeness (QED) is 0.589. The third kappa shape index (κ3) is 7.11. The maximum absolute atomic E-state index is 12.0. The molecule has 0 unspecified atom stereocenters. The summed E-state index contributed by atoms with van der Waals surface area (Å²) in [7, 11) is 0. The predicted octanol–water partition coefficient (Wildman–Crippen LogP) is 1.15. The third-order valence-corrected chi connectivity index (χ3v) is 3.32. The molecule has 0 aromatic heterocycles. The highest BCUT2D eigenvalue weighted by molar-refractivity contribution is 5.77. The Morgan fingerprint density at radius 3 is 2.40 bits per heavy atom. The molecule has 1 rings (SSSR count). The molecule has 6 nitrogen and oxygen atoms in total. The lowest BCUT2D eigenvalue weighted by atomic mass is 10.1. The highest BCUT2D eigenvalue weighted by atomic mass is 16.4. The van der Waals surface area contributed by atoms with Crippen LogP contribution in [0, 0.1) is 0 Å². The molecule has 2 N–H and O–H groups in total. The molecule has 1 fully saturated rings. The fraction of sp³-hybridized carbons (Fsp3) is 0.786. The van der Waals surface area contributed by atoms with Crippen molar-refractivity contribution in [1.82, 2.24) is 10.2 Å². The second-order valence-electron chi connectivity index (χ2n) is 5.26. The van der Waals surface area contributed by atoms with Crippen LogP contribution in [-0.4, -0.2) is 46.9 Å². The third-order valence-electron chi connectivity index (χ3n) is 3.32. The Morgan fingerprint density at radius 2 is 1.85 bits per heavy atom. The van der Waals surface area contributed by atoms with Gasteiger partial charge in [0.1, 0.15) is 0 Å². The fourth-order valence-corrected chi connectivity index (χ4v) is 2.10. The summed E-state index contributed by atoms with van der Waals surface area (Å²) in [5.41, 5.74) is 0. The van der Waals surface area contributed by atoms with Gasteiger partial charge in [0.2, 0.25) is 11.8 Å². The Balaban J connectivity index is 2.15. The Hall–Kier alpha value is -1.59. The van der Waals surface area contributed by atoms with Gasteiger partial charge in [0.15, 0.2) is 0 Å². The lowest BCUT2D eigenvalue weighted by molar-refractivity contribution is -0.138. The molecule has 0 spiro atoms. The van der Waals surface area contributed by atoms with Crippen LogP contribution in [0.15, 0.2) is 0 Å². The molecular formula is C14H24N2O4. The SMILES string of the molecule is CC(=O)NCCCCCC(=O)N(CCC(=O)O)C1CC1. The van der Waals surface area contributed by atoms with E-state index in [-0.39, 0.29) is 24.3 Å². The minimum Gasteiger partial charge on any atom is -0.481 e. The largest absolute Gasteiger partial charge is 0.481 e. The van der Waals surface area contributed by atoms with E-state index in [0.29, 0.717) is 19.5 Å². The van der Waals surface area contributed by atoms with Crippen LogP contribution in [0.1, 0.15) is 51.9 Å². The number of nitrogens with zero attached hydrogens (tertiary/aromatic N) is 1. The standard InChI is InChI=1S/C14H24N2O4/c1-11(17)15-9-4-2-3-5-13(18)16(12-6-7-12)10-8-14(19)20/h12H,2-10H2,1H3,(H,15,17)(H,19,20). The smallest absolute Gasteiger partial charge is 0.305 e. The van der Waals surface area contributed by atoms with Gasteiger partial charge in [-0.2, -0.15) is 0 Å². The lowest BCUT2D eigenvalue weighted by Gasteiger charge is -2.21. The van der Waals surface area contributed by atoms with Crippen LogP contribution in [0.4, 0.5) is 0 Å². The average Bonchev–Trinajstić information content (AvgIpc) is 3.17. The van der Waals surface area contributed by atoms with Gasteiger partial charge >= 0.3 is 5.97 Å². The molecule has 1 aliphatic rings. The first kappa shape index (κ1) is 16.5. The Bertz CT molecular complexity index is 353. The molecule has 6 heteroatoms. The van der Waals surface area contributed by atoms with Crippen LogP contribution < -0.4 is 5.32 Å². The van der Waals surface area contributed by atoms with E-state index in [1.165, 1.54) is 6.92 Å². The van der Waals surface area contributed by atoms with Gasteiger partial charge < -0.3 is 15.3 Å². The Morgan fingerprint density at radius 1 is 1.15 bits per heavy atom. The van der Waals surface area contributed by atoms with Crippen molar-refractivity contribution >= 4 is 17.8 Å². The Kier molecular flexibility index (Phi) is 7.04. The van der Waals surface area contributed by atoms with Crippen LogP contribution in [-0.2, 0) is 14.4 Å². The molecule has 1 saturated carbocycles. The highest BCUT2D eigenvalue weighted by Crippen LogP contribution is 2.27. The molecule has 0 bridgehead atoms. The van der Waals surface area contributed by atoms with E-state index in [0.717, 1.165) is 32.1 Å². The van der Waals surface area contributed by atoms with Crippen molar-refractivity contribution in [3.05, 3.63) is 0 Å². The zero-order valence-electron chi connectivity index (χ0n) is 12.1. The molecule has 114 valence electrons. The van der Waals surface area contributed by atoms with Gasteiger partial charge in [0.25, 0.3) is 0 Å². The first-order chi connectivity index (χ1) is 9.50. The molecule has 0 saturated heterocycles. The van der Waals surface area contributed by atoms with Gasteiger partial charge in [-0.05, 0) is 25.7 Å². The fourth-order valence-electron chi connectivity index (χ4n) is 2.10. The van der Waals surface area contributed by atoms with Gasteiger partial charge in [-0.25, -0.2) is 0 Å². The van der Waals surface area contributed by atoms with Crippen LogP contribution in [0.25, 0.3) is 0 Å². The summed E-state index contributed by atoms with van der Waals surface area (Å²) in [6, 6.07) is 0.265. The van der Waals surface area contributed by atoms with Gasteiger partial charge in [-0.15, -0.1) is 0 Å². The molecule has 0 aromatic carbocycles. The van der Waals surface area contributed by atoms with E-state index in [4.69, 9.17) is 5.11 Å². The number of aliphatic carboxylic acids is 1. The molecular weight excluding hydrogens is 260 g/mol. The Labute approximate surface area is 119 Å². The number of carbonyl (C=O) groups excluding carboxylic acids is 2. The molecule has 0 radical (unpaired) electrons. The first-order valence-electron chi connectivity index (χ1n) is 7.26. The minimum absolute atomic E-state index is 0.0186. The molecule has 0 heterocycles. The lowest BCUT2D eigenvalue weighted by Crippen LogP contribution is -2.34. The zero-order chi connectivity index (χ0) is 15.0. The highest BCUT2D eigenvalue weighted by Gasteiger charge is 2.32. The maximum atomic E-state index is 12.0. The molecule has 0 atom stereocenters. The summed E-state index contributed by atoms with van der Waals surface area (Å²) in [5, 5.41) is 11.4. The number of carboxylic acid groups (broad SMARTS) is 1. The molecule has 1 aliphatic carbocycles. The van der Waals surface area contributed by atoms with E-state index >= 15 is 0 Å². The summed E-state index contributed by atoms with van der Waals surface area (Å²) in [5.74, 6) is -0.832. The van der Waals surface area contributed by atoms with E-state index in [2.05, 4.69) is 5.32 Å². The van der Waals surface area contributed by atoms with Crippen molar-refractivity contribution in [2.75, 3.05) is 13.1 Å². The van der Waals surface area contributed by atoms with E-state index in [1.54, 1.807) is 4.90 Å². The van der Waals surface area contributed by atoms with Crippen molar-refractivity contribution in [3.63, 3.8) is 0 Å². The monoisotopic (exact) mass is 284 g/mol.